The molecule has 22 heavy (non-hydrogen) atoms. The number of nitrogens with two attached hydrogens (primary N) is 1. The third-order valence-corrected chi connectivity index (χ3v) is 4.55. The molecule has 1 aromatic heterocycles. The summed E-state index contributed by atoms with van der Waals surface area (Å²) < 4.78 is 0.677. The lowest BCUT2D eigenvalue weighted by Gasteiger charge is -2.27. The molecule has 0 aliphatic carbocycles. The first kappa shape index (κ1) is 15.0. The van der Waals surface area contributed by atoms with Crippen LogP contribution in [0.2, 0.25) is 0 Å². The largest absolute Gasteiger partial charge is 0.396 e. The lowest BCUT2D eigenvalue weighted by Crippen LogP contribution is -2.29. The smallest absolute Gasteiger partial charge is 0.228 e. The summed E-state index contributed by atoms with van der Waals surface area (Å²) in [5, 5.41) is 0. The van der Waals surface area contributed by atoms with Crippen LogP contribution in [-0.4, -0.2) is 10.9 Å². The molecular formula is C17H18BrN3O. The van der Waals surface area contributed by atoms with E-state index in [2.05, 4.69) is 53.0 Å². The number of carbonyl (C=O) groups excluding carboxylic acids is 1. The predicted octanol–water partition coefficient (Wildman–Crippen LogP) is 3.91. The monoisotopic (exact) mass is 359 g/mol. The number of benzene rings is 1. The summed E-state index contributed by atoms with van der Waals surface area (Å²) in [4.78, 5) is 18.6. The molecule has 1 amide bonds. The number of nitrogens with zero attached hydrogens (tertiary/aromatic N) is 2. The van der Waals surface area contributed by atoms with Gasteiger partial charge in [0.05, 0.1) is 11.7 Å². The lowest BCUT2D eigenvalue weighted by molar-refractivity contribution is -0.117. The van der Waals surface area contributed by atoms with Crippen LogP contribution < -0.4 is 10.6 Å². The zero-order valence-electron chi connectivity index (χ0n) is 12.6. The fourth-order valence-corrected chi connectivity index (χ4v) is 3.29. The van der Waals surface area contributed by atoms with Crippen molar-refractivity contribution in [2.75, 3.05) is 10.6 Å². The van der Waals surface area contributed by atoms with Crippen LogP contribution in [-0.2, 0) is 4.79 Å². The summed E-state index contributed by atoms with van der Waals surface area (Å²) in [7, 11) is 0. The molecular weight excluding hydrogens is 342 g/mol. The van der Waals surface area contributed by atoms with Crippen LogP contribution >= 0.6 is 15.9 Å². The van der Waals surface area contributed by atoms with Gasteiger partial charge in [0, 0.05) is 6.42 Å². The second kappa shape index (κ2) is 5.72. The van der Waals surface area contributed by atoms with Crippen molar-refractivity contribution in [3.05, 3.63) is 51.6 Å². The Balaban J connectivity index is 2.10. The van der Waals surface area contributed by atoms with E-state index in [9.17, 15) is 4.79 Å². The molecule has 1 aliphatic rings. The number of nitrogen functional groups attached to an aromatic ring is 1. The summed E-state index contributed by atoms with van der Waals surface area (Å²) in [5.74, 6) is 0.617. The van der Waals surface area contributed by atoms with E-state index in [-0.39, 0.29) is 11.9 Å². The van der Waals surface area contributed by atoms with Crippen LogP contribution in [0.25, 0.3) is 0 Å². The van der Waals surface area contributed by atoms with Crippen molar-refractivity contribution in [2.24, 2.45) is 0 Å². The first-order valence-electron chi connectivity index (χ1n) is 7.28. The summed E-state index contributed by atoms with van der Waals surface area (Å²) in [6.45, 7) is 4.14. The zero-order chi connectivity index (χ0) is 15.9. The molecule has 2 heterocycles. The number of pyridine rings is 1. The van der Waals surface area contributed by atoms with Crippen LogP contribution in [0.3, 0.4) is 0 Å². The van der Waals surface area contributed by atoms with E-state index in [1.165, 1.54) is 16.7 Å². The van der Waals surface area contributed by atoms with Crippen LogP contribution in [0.5, 0.6) is 0 Å². The van der Waals surface area contributed by atoms with Crippen molar-refractivity contribution in [1.29, 1.82) is 0 Å². The molecule has 1 aromatic carbocycles. The summed E-state index contributed by atoms with van der Waals surface area (Å²) in [6.07, 6.45) is 1.31. The Morgan fingerprint density at radius 1 is 1.27 bits per heavy atom. The molecule has 2 N–H and O–H groups in total. The molecule has 1 saturated heterocycles. The molecule has 5 heteroatoms. The van der Waals surface area contributed by atoms with Gasteiger partial charge in [-0.2, -0.15) is 0 Å². The van der Waals surface area contributed by atoms with Gasteiger partial charge in [0.15, 0.2) is 5.82 Å². The van der Waals surface area contributed by atoms with Gasteiger partial charge >= 0.3 is 0 Å². The normalized spacial score (nSPS) is 18.0. The highest BCUT2D eigenvalue weighted by molar-refractivity contribution is 9.10. The van der Waals surface area contributed by atoms with Crippen molar-refractivity contribution >= 4 is 33.3 Å². The molecule has 0 saturated carbocycles. The maximum Gasteiger partial charge on any atom is 0.228 e. The van der Waals surface area contributed by atoms with Crippen LogP contribution in [0, 0.1) is 13.8 Å². The van der Waals surface area contributed by atoms with Gasteiger partial charge in [0.25, 0.3) is 0 Å². The molecule has 0 radical (unpaired) electrons. The number of amides is 1. The molecule has 1 aliphatic heterocycles. The van der Waals surface area contributed by atoms with E-state index in [4.69, 9.17) is 5.73 Å². The van der Waals surface area contributed by atoms with Gasteiger partial charge in [0.1, 0.15) is 4.60 Å². The first-order valence-corrected chi connectivity index (χ1v) is 8.08. The third kappa shape index (κ3) is 2.61. The van der Waals surface area contributed by atoms with Gasteiger partial charge in [-0.05, 0) is 59.5 Å². The van der Waals surface area contributed by atoms with Gasteiger partial charge in [-0.25, -0.2) is 4.98 Å². The fourth-order valence-electron chi connectivity index (χ4n) is 2.99. The number of halogens is 1. The van der Waals surface area contributed by atoms with Crippen LogP contribution in [0.1, 0.15) is 35.6 Å². The third-order valence-electron chi connectivity index (χ3n) is 4.11. The first-order chi connectivity index (χ1) is 10.5. The van der Waals surface area contributed by atoms with E-state index in [1.807, 2.05) is 0 Å². The molecule has 1 fully saturated rings. The maximum atomic E-state index is 12.4. The average Bonchev–Trinajstić information content (AvgIpc) is 2.86. The number of aromatic nitrogens is 1. The van der Waals surface area contributed by atoms with Gasteiger partial charge in [-0.3, -0.25) is 9.69 Å². The Kier molecular flexibility index (Phi) is 3.91. The number of hydrogen-bond donors (Lipinski definition) is 1. The molecule has 3 rings (SSSR count). The Morgan fingerprint density at radius 2 is 2.05 bits per heavy atom. The van der Waals surface area contributed by atoms with Crippen molar-refractivity contribution in [3.63, 3.8) is 0 Å². The maximum absolute atomic E-state index is 12.4. The van der Waals surface area contributed by atoms with Gasteiger partial charge in [0.2, 0.25) is 5.91 Å². The number of hydrogen-bond acceptors (Lipinski definition) is 3. The summed E-state index contributed by atoms with van der Waals surface area (Å²) in [5.41, 5.74) is 10.1. The van der Waals surface area contributed by atoms with Crippen molar-refractivity contribution in [3.8, 4) is 0 Å². The standard InChI is InChI=1S/C17H18BrN3O/c1-10-3-4-11(2)12(9-10)14-6-8-16(22)21(14)17-13(19)5-7-15(18)20-17/h3-5,7,9,14H,6,8,19H2,1-2H3. The Hall–Kier alpha value is -1.88. The fraction of sp³-hybridized carbons (Fsp3) is 0.294. The molecule has 0 bridgehead atoms. The second-order valence-electron chi connectivity index (χ2n) is 5.73. The second-order valence-corrected chi connectivity index (χ2v) is 6.54. The molecule has 114 valence electrons. The highest BCUT2D eigenvalue weighted by Gasteiger charge is 2.36. The minimum Gasteiger partial charge on any atom is -0.396 e. The zero-order valence-corrected chi connectivity index (χ0v) is 14.2. The highest BCUT2D eigenvalue weighted by Crippen LogP contribution is 2.40. The van der Waals surface area contributed by atoms with Gasteiger partial charge < -0.3 is 5.73 Å². The van der Waals surface area contributed by atoms with E-state index < -0.39 is 0 Å². The van der Waals surface area contributed by atoms with Crippen molar-refractivity contribution in [1.82, 2.24) is 4.98 Å². The number of carbonyl (C=O) groups is 1. The minimum atomic E-state index is -0.00324. The van der Waals surface area contributed by atoms with E-state index >= 15 is 0 Å². The Morgan fingerprint density at radius 3 is 2.82 bits per heavy atom. The SMILES string of the molecule is Cc1ccc(C)c(C2CCC(=O)N2c2nc(Br)ccc2N)c1. The molecule has 1 unspecified atom stereocenters. The molecule has 0 spiro atoms. The number of aryl methyl sites for hydroxylation is 2. The Labute approximate surface area is 138 Å². The lowest BCUT2D eigenvalue weighted by atomic mass is 9.97. The molecule has 4 nitrogen and oxygen atoms in total. The van der Waals surface area contributed by atoms with Crippen LogP contribution in [0.4, 0.5) is 11.5 Å². The molecule has 1 atom stereocenters. The average molecular weight is 360 g/mol. The van der Waals surface area contributed by atoms with Crippen LogP contribution in [0.15, 0.2) is 34.9 Å². The van der Waals surface area contributed by atoms with E-state index in [0.717, 1.165) is 6.42 Å². The van der Waals surface area contributed by atoms with Crippen molar-refractivity contribution in [2.45, 2.75) is 32.7 Å². The number of anilines is 2. The van der Waals surface area contributed by atoms with E-state index in [0.29, 0.717) is 22.5 Å². The summed E-state index contributed by atoms with van der Waals surface area (Å²) >= 11 is 3.36. The Bertz CT molecular complexity index is 745. The molecule has 2 aromatic rings. The predicted molar refractivity (Wildman–Crippen MR) is 91.7 cm³/mol. The van der Waals surface area contributed by atoms with Gasteiger partial charge in [-0.1, -0.05) is 23.8 Å². The quantitative estimate of drug-likeness (QED) is 0.826. The number of rotatable bonds is 2. The van der Waals surface area contributed by atoms with Crippen molar-refractivity contribution < 1.29 is 4.79 Å². The summed E-state index contributed by atoms with van der Waals surface area (Å²) in [6, 6.07) is 9.90. The van der Waals surface area contributed by atoms with Gasteiger partial charge in [-0.15, -0.1) is 0 Å². The topological polar surface area (TPSA) is 59.2 Å². The highest BCUT2D eigenvalue weighted by atomic mass is 79.9. The minimum absolute atomic E-state index is 0.00324. The van der Waals surface area contributed by atoms with E-state index in [1.54, 1.807) is 17.0 Å².